The summed E-state index contributed by atoms with van der Waals surface area (Å²) in [5.74, 6) is 0. The monoisotopic (exact) mass is 414 g/mol. The van der Waals surface area contributed by atoms with Crippen molar-refractivity contribution in [2.24, 2.45) is 0 Å². The average Bonchev–Trinajstić information content (AvgIpc) is 3.47. The largest absolute Gasteiger partial charge is 0.369 e. The van der Waals surface area contributed by atoms with Crippen molar-refractivity contribution in [3.8, 4) is 11.3 Å². The van der Waals surface area contributed by atoms with Crippen LogP contribution in [0.4, 0.5) is 5.69 Å². The van der Waals surface area contributed by atoms with E-state index >= 15 is 0 Å². The number of rotatable bonds is 5. The van der Waals surface area contributed by atoms with Gasteiger partial charge in [-0.2, -0.15) is 5.10 Å². The molecule has 1 N–H and O–H groups in total. The SMILES string of the molecule is Cc1cc(Cc2ccc(-c3cn[nH]c3)n3ccnc23)ccc1N1CCN(C(C)C)CC1. The quantitative estimate of drug-likeness (QED) is 0.533. The van der Waals surface area contributed by atoms with Gasteiger partial charge in [-0.1, -0.05) is 18.2 Å². The first kappa shape index (κ1) is 19.8. The van der Waals surface area contributed by atoms with Crippen LogP contribution >= 0.6 is 0 Å². The van der Waals surface area contributed by atoms with Crippen LogP contribution in [0.5, 0.6) is 0 Å². The van der Waals surface area contributed by atoms with Gasteiger partial charge in [-0.25, -0.2) is 4.98 Å². The maximum atomic E-state index is 4.64. The predicted octanol–water partition coefficient (Wildman–Crippen LogP) is 4.15. The zero-order valence-corrected chi connectivity index (χ0v) is 18.5. The number of aryl methyl sites for hydroxylation is 1. The van der Waals surface area contributed by atoms with Gasteiger partial charge >= 0.3 is 0 Å². The van der Waals surface area contributed by atoms with Crippen LogP contribution in [0.1, 0.15) is 30.5 Å². The second-order valence-electron chi connectivity index (χ2n) is 8.77. The molecule has 6 heteroatoms. The molecule has 1 aliphatic heterocycles. The van der Waals surface area contributed by atoms with E-state index in [0.717, 1.165) is 49.5 Å². The Morgan fingerprint density at radius 2 is 1.90 bits per heavy atom. The van der Waals surface area contributed by atoms with Gasteiger partial charge in [0.05, 0.1) is 11.9 Å². The molecular formula is C25H30N6. The fourth-order valence-corrected chi connectivity index (χ4v) is 4.72. The summed E-state index contributed by atoms with van der Waals surface area (Å²) in [7, 11) is 0. The summed E-state index contributed by atoms with van der Waals surface area (Å²) in [6, 6.07) is 11.9. The molecule has 160 valence electrons. The lowest BCUT2D eigenvalue weighted by atomic mass is 10.0. The number of piperazine rings is 1. The number of fused-ring (bicyclic) bond motifs is 1. The molecule has 0 atom stereocenters. The van der Waals surface area contributed by atoms with Crippen molar-refractivity contribution < 1.29 is 0 Å². The van der Waals surface area contributed by atoms with Crippen LogP contribution in [-0.4, -0.2) is 56.7 Å². The summed E-state index contributed by atoms with van der Waals surface area (Å²) in [6.07, 6.45) is 8.52. The number of H-pyrrole nitrogens is 1. The number of aromatic amines is 1. The lowest BCUT2D eigenvalue weighted by Gasteiger charge is -2.38. The van der Waals surface area contributed by atoms with Crippen LogP contribution < -0.4 is 4.90 Å². The summed E-state index contributed by atoms with van der Waals surface area (Å²) in [5.41, 5.74) is 8.44. The van der Waals surface area contributed by atoms with Gasteiger partial charge in [0.1, 0.15) is 5.65 Å². The fourth-order valence-electron chi connectivity index (χ4n) is 4.72. The molecule has 0 aliphatic carbocycles. The highest BCUT2D eigenvalue weighted by Crippen LogP contribution is 2.27. The molecule has 4 heterocycles. The molecule has 0 spiro atoms. The van der Waals surface area contributed by atoms with Crippen molar-refractivity contribution in [3.63, 3.8) is 0 Å². The number of anilines is 1. The molecule has 0 amide bonds. The standard InChI is InChI=1S/C25H30N6/c1-18(2)29-10-12-30(13-11-29)23-6-4-20(14-19(23)3)15-21-5-7-24(22-16-27-28-17-22)31-9-8-26-25(21)31/h4-9,14,16-18H,10-13,15H2,1-3H3,(H,27,28). The topological polar surface area (TPSA) is 52.5 Å². The molecule has 0 radical (unpaired) electrons. The number of aromatic nitrogens is 4. The number of nitrogens with zero attached hydrogens (tertiary/aromatic N) is 5. The van der Waals surface area contributed by atoms with E-state index < -0.39 is 0 Å². The Labute approximate surface area is 183 Å². The first-order valence-corrected chi connectivity index (χ1v) is 11.1. The molecule has 1 fully saturated rings. The van der Waals surface area contributed by atoms with E-state index in [-0.39, 0.29) is 0 Å². The number of hydrogen-bond donors (Lipinski definition) is 1. The zero-order chi connectivity index (χ0) is 21.4. The van der Waals surface area contributed by atoms with E-state index in [2.05, 4.69) is 80.5 Å². The molecule has 0 unspecified atom stereocenters. The van der Waals surface area contributed by atoms with E-state index in [9.17, 15) is 0 Å². The van der Waals surface area contributed by atoms with Gasteiger partial charge in [-0.15, -0.1) is 0 Å². The molecule has 6 nitrogen and oxygen atoms in total. The Morgan fingerprint density at radius 1 is 1.06 bits per heavy atom. The van der Waals surface area contributed by atoms with Gasteiger partial charge in [-0.05, 0) is 49.6 Å². The molecule has 4 aromatic rings. The third-order valence-electron chi connectivity index (χ3n) is 6.46. The number of nitrogens with one attached hydrogen (secondary N) is 1. The first-order chi connectivity index (χ1) is 15.1. The molecule has 0 bridgehead atoms. The van der Waals surface area contributed by atoms with Crippen molar-refractivity contribution >= 4 is 11.3 Å². The van der Waals surface area contributed by atoms with Gasteiger partial charge in [0.15, 0.2) is 0 Å². The molecule has 31 heavy (non-hydrogen) atoms. The Kier molecular flexibility index (Phi) is 5.24. The van der Waals surface area contributed by atoms with Crippen molar-refractivity contribution in [3.05, 3.63) is 71.8 Å². The predicted molar refractivity (Wildman–Crippen MR) is 126 cm³/mol. The second kappa shape index (κ2) is 8.19. The summed E-state index contributed by atoms with van der Waals surface area (Å²) in [5, 5.41) is 6.98. The highest BCUT2D eigenvalue weighted by Gasteiger charge is 2.20. The van der Waals surface area contributed by atoms with Gasteiger partial charge in [0.2, 0.25) is 0 Å². The first-order valence-electron chi connectivity index (χ1n) is 11.1. The number of pyridine rings is 1. The van der Waals surface area contributed by atoms with Crippen LogP contribution in [0.2, 0.25) is 0 Å². The lowest BCUT2D eigenvalue weighted by Crippen LogP contribution is -2.49. The maximum absolute atomic E-state index is 4.64. The van der Waals surface area contributed by atoms with Crippen LogP contribution in [0.3, 0.4) is 0 Å². The lowest BCUT2D eigenvalue weighted by molar-refractivity contribution is 0.209. The normalized spacial score (nSPS) is 15.3. The van der Waals surface area contributed by atoms with E-state index in [1.54, 1.807) is 0 Å². The number of hydrogen-bond acceptors (Lipinski definition) is 4. The van der Waals surface area contributed by atoms with E-state index in [1.807, 2.05) is 24.8 Å². The minimum atomic E-state index is 0.630. The zero-order valence-electron chi connectivity index (χ0n) is 18.5. The fraction of sp³-hybridized carbons (Fsp3) is 0.360. The highest BCUT2D eigenvalue weighted by molar-refractivity contribution is 5.65. The number of imidazole rings is 1. The van der Waals surface area contributed by atoms with Crippen LogP contribution in [-0.2, 0) is 6.42 Å². The molecular weight excluding hydrogens is 384 g/mol. The Morgan fingerprint density at radius 3 is 2.61 bits per heavy atom. The van der Waals surface area contributed by atoms with E-state index in [1.165, 1.54) is 22.4 Å². The van der Waals surface area contributed by atoms with Crippen molar-refractivity contribution in [2.45, 2.75) is 33.2 Å². The summed E-state index contributed by atoms with van der Waals surface area (Å²) in [6.45, 7) is 11.3. The maximum Gasteiger partial charge on any atom is 0.140 e. The molecule has 3 aromatic heterocycles. The molecule has 5 rings (SSSR count). The molecule has 1 aliphatic rings. The molecule has 1 aromatic carbocycles. The van der Waals surface area contributed by atoms with E-state index in [0.29, 0.717) is 6.04 Å². The summed E-state index contributed by atoms with van der Waals surface area (Å²) < 4.78 is 2.15. The minimum absolute atomic E-state index is 0.630. The van der Waals surface area contributed by atoms with Gasteiger partial charge < -0.3 is 4.90 Å². The molecule has 1 saturated heterocycles. The van der Waals surface area contributed by atoms with Crippen LogP contribution in [0, 0.1) is 6.92 Å². The molecule has 0 saturated carbocycles. The summed E-state index contributed by atoms with van der Waals surface area (Å²) in [4.78, 5) is 9.73. The van der Waals surface area contributed by atoms with Crippen molar-refractivity contribution in [2.75, 3.05) is 31.1 Å². The van der Waals surface area contributed by atoms with E-state index in [4.69, 9.17) is 0 Å². The third-order valence-corrected chi connectivity index (χ3v) is 6.46. The minimum Gasteiger partial charge on any atom is -0.369 e. The van der Waals surface area contributed by atoms with Crippen molar-refractivity contribution in [1.82, 2.24) is 24.5 Å². The average molecular weight is 415 g/mol. The van der Waals surface area contributed by atoms with Crippen molar-refractivity contribution in [1.29, 1.82) is 0 Å². The van der Waals surface area contributed by atoms with Crippen LogP contribution in [0.15, 0.2) is 55.1 Å². The second-order valence-corrected chi connectivity index (χ2v) is 8.77. The van der Waals surface area contributed by atoms with Gasteiger partial charge in [-0.3, -0.25) is 14.4 Å². The van der Waals surface area contributed by atoms with Gasteiger partial charge in [0.25, 0.3) is 0 Å². The summed E-state index contributed by atoms with van der Waals surface area (Å²) >= 11 is 0. The third kappa shape index (κ3) is 3.83. The smallest absolute Gasteiger partial charge is 0.140 e. The Balaban J connectivity index is 1.37. The van der Waals surface area contributed by atoms with Crippen LogP contribution in [0.25, 0.3) is 16.9 Å². The Bertz CT molecular complexity index is 1170. The highest BCUT2D eigenvalue weighted by atomic mass is 15.3. The Hall–Kier alpha value is -3.12. The number of benzene rings is 1. The van der Waals surface area contributed by atoms with Gasteiger partial charge in [0, 0.05) is 68.5 Å².